The third kappa shape index (κ3) is 3.26. The Morgan fingerprint density at radius 2 is 2.07 bits per heavy atom. The molecule has 0 saturated carbocycles. The number of alkyl halides is 2. The first-order chi connectivity index (χ1) is 12.8. The lowest BCUT2D eigenvalue weighted by Gasteiger charge is -2.39. The summed E-state index contributed by atoms with van der Waals surface area (Å²) in [6.45, 7) is 1.91. The van der Waals surface area contributed by atoms with Gasteiger partial charge in [0.2, 0.25) is 0 Å². The summed E-state index contributed by atoms with van der Waals surface area (Å²) < 4.78 is 70.5. The van der Waals surface area contributed by atoms with Crippen LogP contribution < -0.4 is 11.1 Å². The lowest BCUT2D eigenvalue weighted by Crippen LogP contribution is -2.58. The Kier molecular flexibility index (Phi) is 4.74. The van der Waals surface area contributed by atoms with Crippen molar-refractivity contribution in [2.24, 2.45) is 10.7 Å². The highest BCUT2D eigenvalue weighted by atomic mass is 32.2. The molecule has 11 heteroatoms. The Morgan fingerprint density at radius 1 is 1.39 bits per heavy atom. The molecule has 1 amide bonds. The second-order valence-electron chi connectivity index (χ2n) is 7.36. The van der Waals surface area contributed by atoms with E-state index in [9.17, 15) is 26.4 Å². The number of nitrogens with zero attached hydrogens (tertiary/aromatic N) is 1. The summed E-state index contributed by atoms with van der Waals surface area (Å²) in [6, 6.07) is 3.14. The highest BCUT2D eigenvalue weighted by molar-refractivity contribution is 7.93. The van der Waals surface area contributed by atoms with Crippen molar-refractivity contribution in [1.29, 1.82) is 0 Å². The number of ether oxygens (including phenoxy) is 1. The molecule has 2 aliphatic rings. The van der Waals surface area contributed by atoms with Gasteiger partial charge in [0.25, 0.3) is 5.91 Å². The van der Waals surface area contributed by atoms with Gasteiger partial charge in [-0.1, -0.05) is 0 Å². The largest absolute Gasteiger partial charge is 0.386 e. The number of aliphatic imine (C=N–C) groups is 1. The maximum Gasteiger partial charge on any atom is 0.322 e. The predicted molar refractivity (Wildman–Crippen MR) is 96.6 cm³/mol. The number of rotatable bonds is 3. The van der Waals surface area contributed by atoms with Crippen LogP contribution in [-0.4, -0.2) is 49.8 Å². The number of anilines is 1. The molecular weight excluding hydrogens is 399 g/mol. The van der Waals surface area contributed by atoms with Crippen molar-refractivity contribution in [3.8, 4) is 0 Å². The van der Waals surface area contributed by atoms with E-state index >= 15 is 0 Å². The number of hydrogen-bond acceptors (Lipinski definition) is 6. The highest BCUT2D eigenvalue weighted by Crippen LogP contribution is 2.41. The molecule has 0 unspecified atom stereocenters. The maximum atomic E-state index is 14.5. The van der Waals surface area contributed by atoms with Gasteiger partial charge in [0.15, 0.2) is 14.6 Å². The number of nitrogens with two attached hydrogens (primary N) is 1. The Bertz CT molecular complexity index is 953. The molecule has 7 nitrogen and oxygen atoms in total. The van der Waals surface area contributed by atoms with E-state index in [1.54, 1.807) is 0 Å². The number of amides is 1. The van der Waals surface area contributed by atoms with Gasteiger partial charge in [-0.15, -0.1) is 0 Å². The van der Waals surface area contributed by atoms with Gasteiger partial charge < -0.3 is 15.8 Å². The lowest BCUT2D eigenvalue weighted by atomic mass is 9.92. The molecule has 0 radical (unpaired) electrons. The van der Waals surface area contributed by atoms with E-state index in [-0.39, 0.29) is 36.7 Å². The predicted octanol–water partition coefficient (Wildman–Crippen LogP) is 1.58. The Hall–Kier alpha value is -2.14. The molecule has 2 aliphatic heterocycles. The molecular formula is C17H20F3N3O4S. The molecule has 0 aliphatic carbocycles. The second kappa shape index (κ2) is 6.45. The first kappa shape index (κ1) is 20.6. The van der Waals surface area contributed by atoms with Crippen LogP contribution in [0.3, 0.4) is 0 Å². The molecule has 2 heterocycles. The maximum absolute atomic E-state index is 14.5. The van der Waals surface area contributed by atoms with Crippen LogP contribution in [-0.2, 0) is 24.9 Å². The zero-order valence-electron chi connectivity index (χ0n) is 15.3. The van der Waals surface area contributed by atoms with Crippen molar-refractivity contribution in [2.75, 3.05) is 24.3 Å². The third-order valence-corrected chi connectivity index (χ3v) is 7.75. The van der Waals surface area contributed by atoms with Gasteiger partial charge in [0.05, 0.1) is 12.4 Å². The van der Waals surface area contributed by atoms with Crippen molar-refractivity contribution < 1.29 is 31.1 Å². The average molecular weight is 419 g/mol. The Balaban J connectivity index is 2.04. The standard InChI is InChI=1S/C17H20F3N3O4S/c1-15(9-28(25,26)17(13(21)23-15)5-6-27-8-17)11-7-10(3-4-12(11)18)22-14(24)16(2,19)20/h3-4,7H,5-6,8-9H2,1-2H3,(H2,21,23)(H,22,24)/t15-,17-/m0/s1. The SMILES string of the molecule is CC(F)(F)C(=O)Nc1ccc(F)c([C@]2(C)CS(=O)(=O)[C@]3(CCOC3)C(N)=N2)c1. The number of carbonyl (C=O) groups is 1. The van der Waals surface area contributed by atoms with Crippen molar-refractivity contribution in [3.63, 3.8) is 0 Å². The van der Waals surface area contributed by atoms with Gasteiger partial charge in [0, 0.05) is 24.8 Å². The monoisotopic (exact) mass is 419 g/mol. The smallest absolute Gasteiger partial charge is 0.322 e. The van der Waals surface area contributed by atoms with Crippen LogP contribution >= 0.6 is 0 Å². The van der Waals surface area contributed by atoms with Crippen LogP contribution in [0.25, 0.3) is 0 Å². The summed E-state index contributed by atoms with van der Waals surface area (Å²) >= 11 is 0. The van der Waals surface area contributed by atoms with Gasteiger partial charge >= 0.3 is 5.92 Å². The molecule has 1 aromatic carbocycles. The summed E-state index contributed by atoms with van der Waals surface area (Å²) in [5.41, 5.74) is 4.11. The van der Waals surface area contributed by atoms with Crippen molar-refractivity contribution in [1.82, 2.24) is 0 Å². The molecule has 28 heavy (non-hydrogen) atoms. The van der Waals surface area contributed by atoms with E-state index in [4.69, 9.17) is 10.5 Å². The zero-order chi connectivity index (χ0) is 21.0. The molecule has 1 aromatic rings. The average Bonchev–Trinajstić information content (AvgIpc) is 3.05. The van der Waals surface area contributed by atoms with Crippen LogP contribution in [0.4, 0.5) is 18.9 Å². The minimum absolute atomic E-state index is 0.111. The fourth-order valence-electron chi connectivity index (χ4n) is 3.46. The fraction of sp³-hybridized carbons (Fsp3) is 0.529. The number of nitrogens with one attached hydrogen (secondary N) is 1. The Morgan fingerprint density at radius 3 is 2.61 bits per heavy atom. The first-order valence-electron chi connectivity index (χ1n) is 8.46. The number of amidine groups is 1. The summed E-state index contributed by atoms with van der Waals surface area (Å²) in [7, 11) is -3.86. The minimum Gasteiger partial charge on any atom is -0.386 e. The molecule has 3 rings (SSSR count). The molecule has 0 bridgehead atoms. The van der Waals surface area contributed by atoms with E-state index in [2.05, 4.69) is 4.99 Å². The van der Waals surface area contributed by atoms with E-state index in [1.807, 2.05) is 5.32 Å². The summed E-state index contributed by atoms with van der Waals surface area (Å²) in [6.07, 6.45) is 0.158. The third-order valence-electron chi connectivity index (χ3n) is 5.09. The van der Waals surface area contributed by atoms with Gasteiger partial charge in [-0.2, -0.15) is 8.78 Å². The van der Waals surface area contributed by atoms with Crippen LogP contribution in [0, 0.1) is 5.82 Å². The number of benzene rings is 1. The van der Waals surface area contributed by atoms with Gasteiger partial charge in [-0.05, 0) is 31.5 Å². The summed E-state index contributed by atoms with van der Waals surface area (Å²) in [5.74, 6) is -6.72. The van der Waals surface area contributed by atoms with Gasteiger partial charge in [-0.3, -0.25) is 9.79 Å². The molecule has 1 fully saturated rings. The van der Waals surface area contributed by atoms with Crippen molar-refractivity contribution in [3.05, 3.63) is 29.6 Å². The van der Waals surface area contributed by atoms with E-state index in [0.29, 0.717) is 6.92 Å². The molecule has 1 saturated heterocycles. The van der Waals surface area contributed by atoms with Crippen LogP contribution in [0.2, 0.25) is 0 Å². The normalized spacial score (nSPS) is 29.5. The highest BCUT2D eigenvalue weighted by Gasteiger charge is 2.57. The molecule has 0 aromatic heterocycles. The summed E-state index contributed by atoms with van der Waals surface area (Å²) in [4.78, 5) is 15.8. The van der Waals surface area contributed by atoms with E-state index < -0.39 is 43.5 Å². The lowest BCUT2D eigenvalue weighted by molar-refractivity contribution is -0.137. The second-order valence-corrected chi connectivity index (χ2v) is 9.66. The van der Waals surface area contributed by atoms with Gasteiger partial charge in [-0.25, -0.2) is 12.8 Å². The quantitative estimate of drug-likeness (QED) is 0.773. The molecule has 1 spiro atoms. The fourth-order valence-corrected chi connectivity index (χ4v) is 5.71. The molecule has 154 valence electrons. The van der Waals surface area contributed by atoms with Crippen molar-refractivity contribution >= 4 is 27.3 Å². The topological polar surface area (TPSA) is 111 Å². The van der Waals surface area contributed by atoms with Crippen LogP contribution in [0.15, 0.2) is 23.2 Å². The minimum atomic E-state index is -3.86. The molecule has 3 N–H and O–H groups in total. The van der Waals surface area contributed by atoms with Crippen LogP contribution in [0.5, 0.6) is 0 Å². The zero-order valence-corrected chi connectivity index (χ0v) is 16.1. The number of sulfone groups is 1. The van der Waals surface area contributed by atoms with Gasteiger partial charge in [0.1, 0.15) is 17.2 Å². The van der Waals surface area contributed by atoms with Crippen molar-refractivity contribution in [2.45, 2.75) is 36.5 Å². The van der Waals surface area contributed by atoms with Crippen LogP contribution in [0.1, 0.15) is 25.8 Å². The number of hydrogen-bond donors (Lipinski definition) is 2. The number of halogens is 3. The van der Waals surface area contributed by atoms with E-state index in [1.165, 1.54) is 6.92 Å². The van der Waals surface area contributed by atoms with E-state index in [0.717, 1.165) is 18.2 Å². The first-order valence-corrected chi connectivity index (χ1v) is 10.1. The summed E-state index contributed by atoms with van der Waals surface area (Å²) in [5, 5.41) is 1.98. The molecule has 2 atom stereocenters. The Labute approximate surface area is 160 Å². The number of carbonyl (C=O) groups excluding carboxylic acids is 1.